The molecule has 2 unspecified atom stereocenters. The molecule has 2 atom stereocenters. The molecule has 0 aliphatic heterocycles. The highest BCUT2D eigenvalue weighted by Crippen LogP contribution is 2.30. The highest BCUT2D eigenvalue weighted by molar-refractivity contribution is 6.18. The Morgan fingerprint density at radius 2 is 2.05 bits per heavy atom. The number of hydrogen-bond donors (Lipinski definition) is 2. The largest absolute Gasteiger partial charge is 0.352 e. The zero-order valence-electron chi connectivity index (χ0n) is 10.8. The third kappa shape index (κ3) is 3.83. The van der Waals surface area contributed by atoms with E-state index in [1.165, 1.54) is 31.2 Å². The fourth-order valence-electron chi connectivity index (χ4n) is 2.63. The molecule has 1 fully saturated rings. The molecule has 2 rings (SSSR count). The summed E-state index contributed by atoms with van der Waals surface area (Å²) in [6, 6.07) is 2.89. The number of rotatable bonds is 4. The van der Waals surface area contributed by atoms with Gasteiger partial charge in [-0.05, 0) is 30.7 Å². The lowest BCUT2D eigenvalue weighted by molar-refractivity contribution is 0.0936. The summed E-state index contributed by atoms with van der Waals surface area (Å²) in [5.74, 6) is 1.50. The van der Waals surface area contributed by atoms with Gasteiger partial charge in [-0.1, -0.05) is 12.8 Å². The standard InChI is InChI=1S/C14H19ClN2O2/c15-7-10-3-1-2-4-11(10)8-17-14(19)12-5-6-13(18)16-9-12/h5-6,9-11H,1-4,7-8H2,(H,16,18)(H,17,19). The Kier molecular flexibility index (Phi) is 5.02. The van der Waals surface area contributed by atoms with Crippen LogP contribution in [0.4, 0.5) is 0 Å². The third-order valence-corrected chi connectivity index (χ3v) is 4.23. The lowest BCUT2D eigenvalue weighted by Gasteiger charge is -2.30. The molecular formula is C14H19ClN2O2. The predicted molar refractivity (Wildman–Crippen MR) is 75.6 cm³/mol. The van der Waals surface area contributed by atoms with Gasteiger partial charge in [0.2, 0.25) is 5.56 Å². The van der Waals surface area contributed by atoms with Crippen LogP contribution in [0.1, 0.15) is 36.0 Å². The van der Waals surface area contributed by atoms with Crippen molar-refractivity contribution in [3.8, 4) is 0 Å². The second-order valence-corrected chi connectivity index (χ2v) is 5.42. The van der Waals surface area contributed by atoms with E-state index in [9.17, 15) is 9.59 Å². The number of amides is 1. The SMILES string of the molecule is O=C(NCC1CCCCC1CCl)c1ccc(=O)[nH]c1. The van der Waals surface area contributed by atoms with Crippen molar-refractivity contribution in [2.24, 2.45) is 11.8 Å². The number of nitrogens with one attached hydrogen (secondary N) is 2. The number of H-pyrrole nitrogens is 1. The molecule has 1 amide bonds. The molecule has 5 heteroatoms. The Morgan fingerprint density at radius 3 is 2.68 bits per heavy atom. The van der Waals surface area contributed by atoms with Crippen LogP contribution in [0.3, 0.4) is 0 Å². The number of halogens is 1. The molecule has 0 bridgehead atoms. The van der Waals surface area contributed by atoms with Crippen LogP contribution < -0.4 is 10.9 Å². The number of aromatic amines is 1. The number of hydrogen-bond acceptors (Lipinski definition) is 2. The summed E-state index contributed by atoms with van der Waals surface area (Å²) in [6.07, 6.45) is 6.18. The van der Waals surface area contributed by atoms with E-state index in [-0.39, 0.29) is 11.5 Å². The van der Waals surface area contributed by atoms with Gasteiger partial charge >= 0.3 is 0 Å². The van der Waals surface area contributed by atoms with Gasteiger partial charge < -0.3 is 10.3 Å². The minimum absolute atomic E-state index is 0.143. The lowest BCUT2D eigenvalue weighted by atomic mass is 9.80. The van der Waals surface area contributed by atoms with E-state index in [0.717, 1.165) is 12.8 Å². The van der Waals surface area contributed by atoms with Crippen molar-refractivity contribution in [3.05, 3.63) is 34.2 Å². The van der Waals surface area contributed by atoms with Crippen molar-refractivity contribution < 1.29 is 4.79 Å². The van der Waals surface area contributed by atoms with Crippen molar-refractivity contribution in [3.63, 3.8) is 0 Å². The number of carbonyl (C=O) groups excluding carboxylic acids is 1. The molecule has 19 heavy (non-hydrogen) atoms. The van der Waals surface area contributed by atoms with E-state index in [1.54, 1.807) is 0 Å². The number of alkyl halides is 1. The van der Waals surface area contributed by atoms with Gasteiger partial charge in [-0.2, -0.15) is 0 Å². The molecular weight excluding hydrogens is 264 g/mol. The van der Waals surface area contributed by atoms with Crippen LogP contribution in [0, 0.1) is 11.8 Å². The number of pyridine rings is 1. The molecule has 0 radical (unpaired) electrons. The first-order valence-corrected chi connectivity index (χ1v) is 7.27. The van der Waals surface area contributed by atoms with Crippen molar-refractivity contribution in [1.29, 1.82) is 0 Å². The second-order valence-electron chi connectivity index (χ2n) is 5.11. The maximum absolute atomic E-state index is 11.9. The molecule has 0 aromatic carbocycles. The smallest absolute Gasteiger partial charge is 0.252 e. The van der Waals surface area contributed by atoms with Crippen LogP contribution in [0.5, 0.6) is 0 Å². The quantitative estimate of drug-likeness (QED) is 0.831. The first kappa shape index (κ1) is 14.1. The van der Waals surface area contributed by atoms with Crippen LogP contribution >= 0.6 is 11.6 Å². The molecule has 1 aromatic heterocycles. The van der Waals surface area contributed by atoms with E-state index in [0.29, 0.717) is 29.8 Å². The van der Waals surface area contributed by atoms with Crippen molar-refractivity contribution >= 4 is 17.5 Å². The molecule has 4 nitrogen and oxygen atoms in total. The molecule has 0 saturated heterocycles. The Morgan fingerprint density at radius 1 is 1.32 bits per heavy atom. The average molecular weight is 283 g/mol. The lowest BCUT2D eigenvalue weighted by Crippen LogP contribution is -2.35. The van der Waals surface area contributed by atoms with E-state index >= 15 is 0 Å². The molecule has 104 valence electrons. The van der Waals surface area contributed by atoms with E-state index in [2.05, 4.69) is 10.3 Å². The summed E-state index contributed by atoms with van der Waals surface area (Å²) in [6.45, 7) is 0.662. The van der Waals surface area contributed by atoms with Crippen LogP contribution in [0.2, 0.25) is 0 Å². The summed E-state index contributed by atoms with van der Waals surface area (Å²) >= 11 is 5.97. The highest BCUT2D eigenvalue weighted by Gasteiger charge is 2.24. The van der Waals surface area contributed by atoms with E-state index in [4.69, 9.17) is 11.6 Å². The summed E-state index contributed by atoms with van der Waals surface area (Å²) in [5, 5.41) is 2.93. The summed E-state index contributed by atoms with van der Waals surface area (Å²) < 4.78 is 0. The normalized spacial score (nSPS) is 23.0. The number of aromatic nitrogens is 1. The summed E-state index contributed by atoms with van der Waals surface area (Å²) in [7, 11) is 0. The predicted octanol–water partition coefficient (Wildman–Crippen LogP) is 2.15. The highest BCUT2D eigenvalue weighted by atomic mass is 35.5. The fourth-order valence-corrected chi connectivity index (χ4v) is 3.04. The summed E-state index contributed by atoms with van der Waals surface area (Å²) in [4.78, 5) is 25.4. The van der Waals surface area contributed by atoms with E-state index < -0.39 is 0 Å². The van der Waals surface area contributed by atoms with Gasteiger partial charge in [-0.3, -0.25) is 9.59 Å². The molecule has 1 aromatic rings. The van der Waals surface area contributed by atoms with Crippen molar-refractivity contribution in [2.45, 2.75) is 25.7 Å². The van der Waals surface area contributed by atoms with Gasteiger partial charge in [-0.15, -0.1) is 11.6 Å². The average Bonchev–Trinajstić information content (AvgIpc) is 2.45. The van der Waals surface area contributed by atoms with Gasteiger partial charge in [0.15, 0.2) is 0 Å². The molecule has 1 aliphatic rings. The minimum atomic E-state index is -0.203. The molecule has 1 saturated carbocycles. The van der Waals surface area contributed by atoms with Gasteiger partial charge in [0, 0.05) is 24.7 Å². The molecule has 1 aliphatic carbocycles. The second kappa shape index (κ2) is 6.75. The van der Waals surface area contributed by atoms with Gasteiger partial charge in [-0.25, -0.2) is 0 Å². The van der Waals surface area contributed by atoms with Crippen molar-refractivity contribution in [1.82, 2.24) is 10.3 Å². The van der Waals surface area contributed by atoms with Crippen LogP contribution in [0.15, 0.2) is 23.1 Å². The third-order valence-electron chi connectivity index (χ3n) is 3.84. The van der Waals surface area contributed by atoms with Crippen LogP contribution in [-0.4, -0.2) is 23.3 Å². The first-order valence-electron chi connectivity index (χ1n) is 6.73. The minimum Gasteiger partial charge on any atom is -0.352 e. The Balaban J connectivity index is 1.89. The van der Waals surface area contributed by atoms with Crippen molar-refractivity contribution in [2.75, 3.05) is 12.4 Å². The first-order chi connectivity index (χ1) is 9.20. The van der Waals surface area contributed by atoms with Gasteiger partial charge in [0.1, 0.15) is 0 Å². The van der Waals surface area contributed by atoms with Gasteiger partial charge in [0.25, 0.3) is 5.91 Å². The topological polar surface area (TPSA) is 62.0 Å². The summed E-state index contributed by atoms with van der Waals surface area (Å²) in [5.41, 5.74) is 0.281. The fraction of sp³-hybridized carbons (Fsp3) is 0.571. The monoisotopic (exact) mass is 282 g/mol. The molecule has 0 spiro atoms. The van der Waals surface area contributed by atoms with Gasteiger partial charge in [0.05, 0.1) is 5.56 Å². The number of carbonyl (C=O) groups is 1. The molecule has 2 N–H and O–H groups in total. The zero-order chi connectivity index (χ0) is 13.7. The van der Waals surface area contributed by atoms with Crippen LogP contribution in [-0.2, 0) is 0 Å². The zero-order valence-corrected chi connectivity index (χ0v) is 11.6. The molecule has 1 heterocycles. The van der Waals surface area contributed by atoms with E-state index in [1.807, 2.05) is 0 Å². The Hall–Kier alpha value is -1.29. The maximum atomic E-state index is 11.9. The maximum Gasteiger partial charge on any atom is 0.252 e. The Bertz CT molecular complexity index is 466. The van der Waals surface area contributed by atoms with Crippen LogP contribution in [0.25, 0.3) is 0 Å². The Labute approximate surface area is 117 Å².